The number of imidazole rings is 1. The minimum Gasteiger partial charge on any atom is -0.373 e. The number of nitrogens with one attached hydrogen (secondary N) is 2. The average Bonchev–Trinajstić information content (AvgIpc) is 3.36. The van der Waals surface area contributed by atoms with Crippen LogP contribution in [0, 0.1) is 0 Å². The highest BCUT2D eigenvalue weighted by Gasteiger charge is 2.41. The van der Waals surface area contributed by atoms with Crippen molar-refractivity contribution < 1.29 is 4.74 Å². The van der Waals surface area contributed by atoms with E-state index < -0.39 is 0 Å². The summed E-state index contributed by atoms with van der Waals surface area (Å²) in [5, 5.41) is 6.83. The molecule has 0 amide bonds. The number of aliphatic imine (C=N–C) groups is 1. The smallest absolute Gasteiger partial charge is 0.191 e. The molecule has 2 N–H and O–H groups in total. The first-order valence-corrected chi connectivity index (χ1v) is 8.38. The highest BCUT2D eigenvalue weighted by molar-refractivity contribution is 5.80. The second kappa shape index (κ2) is 6.60. The van der Waals surface area contributed by atoms with E-state index in [1.54, 1.807) is 19.6 Å². The van der Waals surface area contributed by atoms with Crippen LogP contribution in [0.5, 0.6) is 0 Å². The molecule has 3 unspecified atom stereocenters. The van der Waals surface area contributed by atoms with Gasteiger partial charge in [-0.1, -0.05) is 6.07 Å². The number of ether oxygens (including phenoxy) is 1. The molecule has 0 aliphatic carbocycles. The van der Waals surface area contributed by atoms with Crippen molar-refractivity contribution in [1.82, 2.24) is 25.2 Å². The summed E-state index contributed by atoms with van der Waals surface area (Å²) >= 11 is 0. The average molecular weight is 326 g/mol. The molecule has 4 rings (SSSR count). The molecule has 2 bridgehead atoms. The maximum absolute atomic E-state index is 5.88. The molecule has 126 valence electrons. The Kier molecular flexibility index (Phi) is 4.17. The van der Waals surface area contributed by atoms with Crippen molar-refractivity contribution in [2.45, 2.75) is 44.1 Å². The van der Waals surface area contributed by atoms with Gasteiger partial charge in [-0.25, -0.2) is 9.97 Å². The zero-order valence-corrected chi connectivity index (χ0v) is 13.7. The lowest BCUT2D eigenvalue weighted by Gasteiger charge is -2.22. The van der Waals surface area contributed by atoms with Gasteiger partial charge in [-0.15, -0.1) is 0 Å². The third kappa shape index (κ3) is 3.12. The lowest BCUT2D eigenvalue weighted by atomic mass is 9.96. The highest BCUT2D eigenvalue weighted by atomic mass is 16.5. The van der Waals surface area contributed by atoms with Crippen LogP contribution in [0.2, 0.25) is 0 Å². The minimum absolute atomic E-state index is 0.338. The molecule has 2 aromatic heterocycles. The van der Waals surface area contributed by atoms with Crippen molar-refractivity contribution in [2.24, 2.45) is 4.99 Å². The lowest BCUT2D eigenvalue weighted by molar-refractivity contribution is 0.0992. The molecule has 2 saturated heterocycles. The van der Waals surface area contributed by atoms with Crippen LogP contribution in [0.3, 0.4) is 0 Å². The van der Waals surface area contributed by atoms with E-state index in [1.165, 1.54) is 6.42 Å². The van der Waals surface area contributed by atoms with Crippen LogP contribution >= 0.6 is 0 Å². The predicted octanol–water partition coefficient (Wildman–Crippen LogP) is 1.25. The maximum Gasteiger partial charge on any atom is 0.191 e. The molecule has 2 aliphatic heterocycles. The van der Waals surface area contributed by atoms with Crippen molar-refractivity contribution in [3.63, 3.8) is 0 Å². The predicted molar refractivity (Wildman–Crippen MR) is 91.0 cm³/mol. The molecule has 0 aromatic carbocycles. The van der Waals surface area contributed by atoms with Crippen LogP contribution in [-0.2, 0) is 11.3 Å². The summed E-state index contributed by atoms with van der Waals surface area (Å²) in [6.45, 7) is 0.679. The van der Waals surface area contributed by atoms with Crippen LogP contribution in [-0.4, -0.2) is 45.8 Å². The van der Waals surface area contributed by atoms with E-state index in [1.807, 2.05) is 23.0 Å². The Hall–Kier alpha value is -2.41. The molecular formula is C17H22N6O. The van der Waals surface area contributed by atoms with Gasteiger partial charge in [0, 0.05) is 32.2 Å². The molecule has 0 saturated carbocycles. The molecule has 24 heavy (non-hydrogen) atoms. The summed E-state index contributed by atoms with van der Waals surface area (Å²) < 4.78 is 7.76. The number of hydrogen-bond acceptors (Lipinski definition) is 4. The van der Waals surface area contributed by atoms with Gasteiger partial charge in [0.05, 0.1) is 18.2 Å². The fraction of sp³-hybridized carbons (Fsp3) is 0.471. The Morgan fingerprint density at radius 1 is 1.42 bits per heavy atom. The van der Waals surface area contributed by atoms with Gasteiger partial charge in [0.15, 0.2) is 5.96 Å². The van der Waals surface area contributed by atoms with Crippen molar-refractivity contribution in [3.8, 4) is 5.82 Å². The minimum atomic E-state index is 0.338. The molecule has 2 aliphatic rings. The van der Waals surface area contributed by atoms with Gasteiger partial charge in [0.1, 0.15) is 12.1 Å². The van der Waals surface area contributed by atoms with E-state index in [2.05, 4.69) is 31.7 Å². The fourth-order valence-electron chi connectivity index (χ4n) is 3.41. The number of pyridine rings is 1. The third-order valence-electron chi connectivity index (χ3n) is 4.69. The number of rotatable bonds is 4. The fourth-order valence-corrected chi connectivity index (χ4v) is 3.41. The van der Waals surface area contributed by atoms with Crippen molar-refractivity contribution in [3.05, 3.63) is 42.6 Å². The van der Waals surface area contributed by atoms with Crippen LogP contribution in [0.1, 0.15) is 24.8 Å². The first kappa shape index (κ1) is 15.1. The molecular weight excluding hydrogens is 304 g/mol. The van der Waals surface area contributed by atoms with Crippen molar-refractivity contribution >= 4 is 5.96 Å². The van der Waals surface area contributed by atoms with E-state index in [4.69, 9.17) is 4.74 Å². The molecule has 0 radical (unpaired) electrons. The third-order valence-corrected chi connectivity index (χ3v) is 4.69. The van der Waals surface area contributed by atoms with Gasteiger partial charge in [0.2, 0.25) is 0 Å². The summed E-state index contributed by atoms with van der Waals surface area (Å²) in [5.74, 6) is 1.67. The van der Waals surface area contributed by atoms with Crippen LogP contribution < -0.4 is 10.6 Å². The zero-order chi connectivity index (χ0) is 16.4. The van der Waals surface area contributed by atoms with E-state index in [-0.39, 0.29) is 0 Å². The molecule has 2 aromatic rings. The topological polar surface area (TPSA) is 76.4 Å². The maximum atomic E-state index is 5.88. The Morgan fingerprint density at radius 2 is 2.38 bits per heavy atom. The monoisotopic (exact) mass is 326 g/mol. The second-order valence-corrected chi connectivity index (χ2v) is 6.28. The summed E-state index contributed by atoms with van der Waals surface area (Å²) in [6, 6.07) is 4.42. The number of hydrogen-bond donors (Lipinski definition) is 2. The molecule has 2 fully saturated rings. The molecule has 0 spiro atoms. The van der Waals surface area contributed by atoms with Gasteiger partial charge in [-0.2, -0.15) is 0 Å². The van der Waals surface area contributed by atoms with E-state index in [9.17, 15) is 0 Å². The Bertz CT molecular complexity index is 696. The normalized spacial score (nSPS) is 25.9. The number of guanidine groups is 1. The van der Waals surface area contributed by atoms with E-state index in [0.717, 1.165) is 30.2 Å². The molecule has 4 heterocycles. The van der Waals surface area contributed by atoms with Crippen molar-refractivity contribution in [1.29, 1.82) is 0 Å². The van der Waals surface area contributed by atoms with Gasteiger partial charge in [-0.3, -0.25) is 9.56 Å². The first-order valence-electron chi connectivity index (χ1n) is 8.38. The standard InChI is InChI=1S/C17H22N6O/c1-18-17(22-14-8-13-3-4-15(14)24-13)21-10-12-2-5-16(20-9-12)23-7-6-19-11-23/h2,5-7,9,11,13-15H,3-4,8,10H2,1H3,(H2,18,21,22). The van der Waals surface area contributed by atoms with Crippen molar-refractivity contribution in [2.75, 3.05) is 7.05 Å². The summed E-state index contributed by atoms with van der Waals surface area (Å²) in [7, 11) is 1.80. The van der Waals surface area contributed by atoms with Gasteiger partial charge in [0.25, 0.3) is 0 Å². The highest BCUT2D eigenvalue weighted by Crippen LogP contribution is 2.34. The molecule has 3 atom stereocenters. The van der Waals surface area contributed by atoms with E-state index in [0.29, 0.717) is 24.8 Å². The number of fused-ring (bicyclic) bond motifs is 2. The Balaban J connectivity index is 1.32. The van der Waals surface area contributed by atoms with Gasteiger partial charge in [-0.05, 0) is 30.9 Å². The van der Waals surface area contributed by atoms with Crippen LogP contribution in [0.15, 0.2) is 42.0 Å². The zero-order valence-electron chi connectivity index (χ0n) is 13.7. The summed E-state index contributed by atoms with van der Waals surface area (Å²) in [4.78, 5) is 12.8. The largest absolute Gasteiger partial charge is 0.373 e. The Labute approximate surface area is 141 Å². The number of nitrogens with zero attached hydrogens (tertiary/aromatic N) is 4. The SMILES string of the molecule is CN=C(NCc1ccc(-n2ccnc2)nc1)NC1CC2CCC1O2. The Morgan fingerprint density at radius 3 is 3.00 bits per heavy atom. The number of aromatic nitrogens is 3. The lowest BCUT2D eigenvalue weighted by Crippen LogP contribution is -2.47. The van der Waals surface area contributed by atoms with Crippen LogP contribution in [0.25, 0.3) is 5.82 Å². The molecule has 7 nitrogen and oxygen atoms in total. The van der Waals surface area contributed by atoms with Gasteiger partial charge >= 0.3 is 0 Å². The summed E-state index contributed by atoms with van der Waals surface area (Å²) in [5.41, 5.74) is 1.10. The van der Waals surface area contributed by atoms with E-state index >= 15 is 0 Å². The first-order chi connectivity index (χ1) is 11.8. The summed E-state index contributed by atoms with van der Waals surface area (Å²) in [6.07, 6.45) is 11.4. The second-order valence-electron chi connectivity index (χ2n) is 6.28. The quantitative estimate of drug-likeness (QED) is 0.653. The van der Waals surface area contributed by atoms with Gasteiger partial charge < -0.3 is 15.4 Å². The van der Waals surface area contributed by atoms with Crippen LogP contribution in [0.4, 0.5) is 0 Å². The molecule has 7 heteroatoms.